The molecule has 16 atom stereocenters. The van der Waals surface area contributed by atoms with Crippen LogP contribution in [0.2, 0.25) is 0 Å². The second-order valence-electron chi connectivity index (χ2n) is 12.4. The van der Waals surface area contributed by atoms with Crippen LogP contribution < -0.4 is 16.0 Å². The number of ether oxygens (including phenoxy) is 7. The minimum atomic E-state index is -2.81. The van der Waals surface area contributed by atoms with Crippen molar-refractivity contribution in [2.24, 2.45) is 0 Å². The maximum Gasteiger partial charge on any atom is 0.364 e. The number of hydrogen-bond acceptors (Lipinski definition) is 18. The lowest BCUT2D eigenvalue weighted by Gasteiger charge is -2.49. The number of aliphatic hydroxyl groups excluding tert-OH is 7. The van der Waals surface area contributed by atoms with Crippen molar-refractivity contribution in [3.8, 4) is 0 Å². The first kappa shape index (κ1) is 40.1. The summed E-state index contributed by atoms with van der Waals surface area (Å²) >= 11 is 0. The van der Waals surface area contributed by atoms with Crippen LogP contribution in [0.5, 0.6) is 0 Å². The number of methoxy groups -OCH3 is 1. The predicted molar refractivity (Wildman–Crippen MR) is 156 cm³/mol. The number of rotatable bonds is 10. The molecule has 22 nitrogen and oxygen atoms in total. The van der Waals surface area contributed by atoms with Crippen molar-refractivity contribution in [3.63, 3.8) is 0 Å². The van der Waals surface area contributed by atoms with Gasteiger partial charge in [-0.05, 0) is 0 Å². The van der Waals surface area contributed by atoms with E-state index < -0.39 is 148 Å². The number of carboxylic acids is 1. The number of hydrogen-bond donors (Lipinski definition) is 11. The quantitative estimate of drug-likeness (QED) is 0.0995. The molecule has 0 unspecified atom stereocenters. The molecule has 0 saturated carbocycles. The Morgan fingerprint density at radius 2 is 1.64 bits per heavy atom. The summed E-state index contributed by atoms with van der Waals surface area (Å²) in [5.74, 6) is -6.59. The van der Waals surface area contributed by atoms with E-state index in [1.807, 2.05) is 0 Å². The summed E-state index contributed by atoms with van der Waals surface area (Å²) in [7, 11) is 1.26. The molecule has 22 heteroatoms. The highest BCUT2D eigenvalue weighted by Crippen LogP contribution is 2.36. The molecule has 4 heterocycles. The van der Waals surface area contributed by atoms with Gasteiger partial charge in [-0.15, -0.1) is 0 Å². The van der Waals surface area contributed by atoms with Crippen LogP contribution in [-0.2, 0) is 52.3 Å². The molecule has 286 valence electrons. The molecule has 4 aliphatic rings. The van der Waals surface area contributed by atoms with Gasteiger partial charge in [-0.2, -0.15) is 0 Å². The molecule has 4 rings (SSSR count). The molecule has 0 radical (unpaired) electrons. The summed E-state index contributed by atoms with van der Waals surface area (Å²) in [6, 6.07) is -2.66. The van der Waals surface area contributed by atoms with Gasteiger partial charge in [-0.3, -0.25) is 14.4 Å². The van der Waals surface area contributed by atoms with Crippen LogP contribution in [0.3, 0.4) is 0 Å². The molecule has 3 amide bonds. The Labute approximate surface area is 284 Å². The molecule has 4 fully saturated rings. The Morgan fingerprint density at radius 1 is 0.980 bits per heavy atom. The van der Waals surface area contributed by atoms with Crippen molar-refractivity contribution < 1.29 is 93.2 Å². The van der Waals surface area contributed by atoms with E-state index in [9.17, 15) is 60.0 Å². The van der Waals surface area contributed by atoms with Gasteiger partial charge in [-0.25, -0.2) is 4.79 Å². The third-order valence-electron chi connectivity index (χ3n) is 8.79. The Bertz CT molecular complexity index is 1210. The molecule has 11 N–H and O–H groups in total. The highest BCUT2D eigenvalue weighted by molar-refractivity contribution is 5.77. The van der Waals surface area contributed by atoms with Gasteiger partial charge in [0, 0.05) is 33.9 Å². The van der Waals surface area contributed by atoms with Crippen LogP contribution >= 0.6 is 0 Å². The van der Waals surface area contributed by atoms with Crippen LogP contribution in [-0.4, -0.2) is 196 Å². The third-order valence-corrected chi connectivity index (χ3v) is 8.79. The van der Waals surface area contributed by atoms with Gasteiger partial charge in [0.25, 0.3) is 5.79 Å². The minimum absolute atomic E-state index is 0.232. The Balaban J connectivity index is 1.60. The fourth-order valence-electron chi connectivity index (χ4n) is 6.26. The van der Waals surface area contributed by atoms with Gasteiger partial charge >= 0.3 is 5.97 Å². The predicted octanol–water partition coefficient (Wildman–Crippen LogP) is -7.26. The van der Waals surface area contributed by atoms with Gasteiger partial charge in [0.05, 0.1) is 25.4 Å². The molecular weight excluding hydrogens is 682 g/mol. The number of carboxylic acid groups (broad SMARTS) is 1. The maximum absolute atomic E-state index is 12.6. The first-order valence-corrected chi connectivity index (χ1v) is 15.7. The third kappa shape index (κ3) is 8.67. The van der Waals surface area contributed by atoms with Crippen molar-refractivity contribution in [2.75, 3.05) is 33.5 Å². The van der Waals surface area contributed by atoms with E-state index in [1.165, 1.54) is 14.0 Å². The lowest BCUT2D eigenvalue weighted by molar-refractivity contribution is -0.361. The van der Waals surface area contributed by atoms with E-state index in [-0.39, 0.29) is 6.54 Å². The number of carbonyl (C=O) groups excluding carboxylic acids is 3. The number of aliphatic carboxylic acids is 1. The molecule has 4 saturated heterocycles. The van der Waals surface area contributed by atoms with Gasteiger partial charge in [0.2, 0.25) is 17.7 Å². The molecule has 0 aromatic heterocycles. The first-order valence-electron chi connectivity index (χ1n) is 15.7. The number of nitrogens with one attached hydrogen (secondary N) is 3. The van der Waals surface area contributed by atoms with Crippen LogP contribution in [0.25, 0.3) is 0 Å². The Kier molecular flexibility index (Phi) is 13.4. The van der Waals surface area contributed by atoms with E-state index in [2.05, 4.69) is 16.0 Å². The summed E-state index contributed by atoms with van der Waals surface area (Å²) in [5, 5.41) is 91.9. The van der Waals surface area contributed by atoms with E-state index in [0.29, 0.717) is 0 Å². The van der Waals surface area contributed by atoms with Gasteiger partial charge < -0.3 is 90.0 Å². The topological polar surface area (TPSA) is 331 Å². The van der Waals surface area contributed by atoms with Crippen molar-refractivity contribution in [3.05, 3.63) is 0 Å². The van der Waals surface area contributed by atoms with E-state index in [0.717, 1.165) is 6.92 Å². The van der Waals surface area contributed by atoms with Crippen LogP contribution in [0.15, 0.2) is 0 Å². The van der Waals surface area contributed by atoms with E-state index >= 15 is 0 Å². The maximum atomic E-state index is 12.6. The van der Waals surface area contributed by atoms with Crippen LogP contribution in [0, 0.1) is 0 Å². The Hall–Kier alpha value is -2.68. The Morgan fingerprint density at radius 3 is 2.24 bits per heavy atom. The summed E-state index contributed by atoms with van der Waals surface area (Å²) < 4.78 is 39.7. The van der Waals surface area contributed by atoms with Crippen molar-refractivity contribution in [1.82, 2.24) is 16.0 Å². The first-order chi connectivity index (χ1) is 23.5. The van der Waals surface area contributed by atoms with E-state index in [4.69, 9.17) is 33.2 Å². The highest BCUT2D eigenvalue weighted by atomic mass is 16.8. The fraction of sp³-hybridized carbons (Fsp3) is 0.857. The number of aliphatic hydroxyl groups is 7. The minimum Gasteiger partial charge on any atom is -0.477 e. The SMILES string of the molecule is CO[C@@H]1O[C@@H]2CNC(=O)CO[C@@H]3[C@@H](O[C@H]2[C@H](O)[C@H]1NC(C)=O)O[C@H](CO[C@]1(C(=O)O)C[C@H](O)[C@@H](NC(C)=O)[C@H]([C@H](O)[C@H](O)CO)O1)[C@H](O)[C@@H]3O. The summed E-state index contributed by atoms with van der Waals surface area (Å²) in [6.45, 7) is -0.530. The molecule has 4 aliphatic heterocycles. The average Bonchev–Trinajstić information content (AvgIpc) is 3.06. The van der Waals surface area contributed by atoms with E-state index in [1.54, 1.807) is 0 Å². The molecule has 50 heavy (non-hydrogen) atoms. The smallest absolute Gasteiger partial charge is 0.364 e. The average molecular weight is 728 g/mol. The summed E-state index contributed by atoms with van der Waals surface area (Å²) in [5.41, 5.74) is 0. The summed E-state index contributed by atoms with van der Waals surface area (Å²) in [6.07, 6.45) is -22.4. The van der Waals surface area contributed by atoms with Crippen LogP contribution in [0.4, 0.5) is 0 Å². The van der Waals surface area contributed by atoms with Gasteiger partial charge in [-0.1, -0.05) is 0 Å². The normalized spacial score (nSPS) is 42.1. The van der Waals surface area contributed by atoms with Gasteiger partial charge in [0.15, 0.2) is 12.6 Å². The zero-order valence-electron chi connectivity index (χ0n) is 27.3. The van der Waals surface area contributed by atoms with Crippen molar-refractivity contribution in [2.45, 2.75) is 118 Å². The number of fused-ring (bicyclic) bond motifs is 2. The second kappa shape index (κ2) is 16.8. The molecule has 0 aromatic rings. The molecule has 0 aromatic carbocycles. The monoisotopic (exact) mass is 727 g/mol. The molecule has 0 aliphatic carbocycles. The van der Waals surface area contributed by atoms with Crippen molar-refractivity contribution in [1.29, 1.82) is 0 Å². The highest BCUT2D eigenvalue weighted by Gasteiger charge is 2.57. The molecule has 0 spiro atoms. The second-order valence-corrected chi connectivity index (χ2v) is 12.4. The number of carbonyl (C=O) groups is 4. The lowest BCUT2D eigenvalue weighted by atomic mass is 9.88. The zero-order valence-corrected chi connectivity index (χ0v) is 27.3. The van der Waals surface area contributed by atoms with Crippen molar-refractivity contribution >= 4 is 23.7 Å². The lowest BCUT2D eigenvalue weighted by Crippen LogP contribution is -2.69. The summed E-state index contributed by atoms with van der Waals surface area (Å²) in [4.78, 5) is 48.8. The standard InChI is InChI=1S/C28H45N3O19/c1-9(33)30-16-11(35)4-28(27(42)43,50-23(16)18(38)12(36)6-32)46-7-14-19(39)21(41)24-26(48-14)49-22-13(5-29-15(37)8-45-24)47-25(44-3)17(20(22)40)31-10(2)34/h11-14,16-26,32,35-36,38-41H,4-8H2,1-3H3,(H,29,37)(H,30,33)(H,31,34)(H,42,43)/t11-,12+,13+,14+,16+,17+,18+,19-,20+,21-,22+,23+,24-,25+,26+,28+/m0/s1. The largest absolute Gasteiger partial charge is 0.477 e. The molecule has 0 bridgehead atoms. The van der Waals surface area contributed by atoms with Crippen LogP contribution in [0.1, 0.15) is 20.3 Å². The molecular formula is C28H45N3O19. The fourth-order valence-corrected chi connectivity index (χ4v) is 6.26. The van der Waals surface area contributed by atoms with Gasteiger partial charge in [0.1, 0.15) is 73.7 Å². The zero-order chi connectivity index (χ0) is 37.1. The number of amides is 3.